The summed E-state index contributed by atoms with van der Waals surface area (Å²) < 4.78 is 0. The van der Waals surface area contributed by atoms with Crippen LogP contribution in [-0.4, -0.2) is 60.6 Å². The maximum atomic E-state index is 10.3. The molecule has 7 N–H and O–H groups in total. The molecule has 0 aliphatic carbocycles. The van der Waals surface area contributed by atoms with Crippen LogP contribution in [0.2, 0.25) is 0 Å². The molecule has 8 nitrogen and oxygen atoms in total. The number of unbranched alkanes of at least 4 members (excludes halogenated alkanes) is 1. The van der Waals surface area contributed by atoms with Crippen LogP contribution in [0.1, 0.15) is 65.7 Å². The van der Waals surface area contributed by atoms with Crippen LogP contribution < -0.4 is 0 Å². The van der Waals surface area contributed by atoms with Crippen LogP contribution in [0, 0.1) is 0 Å². The van der Waals surface area contributed by atoms with Crippen LogP contribution in [0.5, 0.6) is 0 Å². The molecule has 0 aliphatic heterocycles. The first-order valence-electron chi connectivity index (χ1n) is 8.06. The molecule has 0 rings (SSSR count). The molecule has 0 radical (unpaired) electrons. The van der Waals surface area contributed by atoms with Gasteiger partial charge in [0.05, 0.1) is 0 Å². The summed E-state index contributed by atoms with van der Waals surface area (Å²) in [7, 11) is 0. The van der Waals surface area contributed by atoms with Crippen molar-refractivity contribution >= 4 is 5.97 Å². The Morgan fingerprint density at radius 1 is 0.833 bits per heavy atom. The minimum absolute atomic E-state index is 0.281. The Morgan fingerprint density at radius 3 is 1.42 bits per heavy atom. The SMILES string of the molecule is CC(=CCCCC(O)O)C(=O)O.CCCC(O)O.CCCC(O)O. The van der Waals surface area contributed by atoms with Gasteiger partial charge >= 0.3 is 5.97 Å². The summed E-state index contributed by atoms with van der Waals surface area (Å²) in [6, 6.07) is 0. The fourth-order valence-electron chi connectivity index (χ4n) is 1.22. The number of aliphatic hydroxyl groups excluding tert-OH is 3. The fourth-order valence-corrected chi connectivity index (χ4v) is 1.22. The lowest BCUT2D eigenvalue weighted by molar-refractivity contribution is -0.132. The van der Waals surface area contributed by atoms with Gasteiger partial charge in [0, 0.05) is 5.57 Å². The maximum absolute atomic E-state index is 10.3. The topological polar surface area (TPSA) is 159 Å². The summed E-state index contributed by atoms with van der Waals surface area (Å²) in [5.74, 6) is -0.931. The largest absolute Gasteiger partial charge is 0.478 e. The van der Waals surface area contributed by atoms with Crippen molar-refractivity contribution in [2.45, 2.75) is 84.6 Å². The number of aliphatic hydroxyl groups is 6. The van der Waals surface area contributed by atoms with E-state index in [9.17, 15) is 4.79 Å². The first kappa shape index (κ1) is 27.8. The summed E-state index contributed by atoms with van der Waals surface area (Å²) in [6.07, 6.45) is 2.15. The van der Waals surface area contributed by atoms with Gasteiger partial charge in [0.25, 0.3) is 0 Å². The monoisotopic (exact) mass is 354 g/mol. The molecule has 0 bridgehead atoms. The Kier molecular flexibility index (Phi) is 23.2. The molecule has 0 amide bonds. The third kappa shape index (κ3) is 32.8. The highest BCUT2D eigenvalue weighted by atomic mass is 16.5. The Bertz CT molecular complexity index is 290. The van der Waals surface area contributed by atoms with Crippen molar-refractivity contribution in [3.05, 3.63) is 11.6 Å². The summed E-state index contributed by atoms with van der Waals surface area (Å²) in [5, 5.41) is 57.7. The first-order chi connectivity index (χ1) is 11.1. The Hall–Kier alpha value is -1.03. The van der Waals surface area contributed by atoms with Crippen molar-refractivity contribution in [3.8, 4) is 0 Å². The van der Waals surface area contributed by atoms with E-state index in [0.29, 0.717) is 31.3 Å². The fraction of sp³-hybridized carbons (Fsp3) is 0.812. The second-order valence-corrected chi connectivity index (χ2v) is 5.14. The molecular weight excluding hydrogens is 320 g/mol. The Balaban J connectivity index is -0.000000309. The average molecular weight is 354 g/mol. The number of carbonyl (C=O) groups is 1. The normalized spacial score (nSPS) is 11.1. The number of carboxylic acids is 1. The predicted octanol–water partition coefficient (Wildman–Crippen LogP) is 0.693. The zero-order chi connectivity index (χ0) is 19.5. The second kappa shape index (κ2) is 20.0. The van der Waals surface area contributed by atoms with E-state index in [1.54, 1.807) is 6.08 Å². The Labute approximate surface area is 143 Å². The number of aliphatic carboxylic acids is 1. The van der Waals surface area contributed by atoms with Crippen molar-refractivity contribution in [2.75, 3.05) is 0 Å². The highest BCUT2D eigenvalue weighted by Gasteiger charge is 1.99. The molecule has 0 aromatic rings. The number of rotatable bonds is 9. The van der Waals surface area contributed by atoms with E-state index in [-0.39, 0.29) is 6.42 Å². The maximum Gasteiger partial charge on any atom is 0.330 e. The first-order valence-corrected chi connectivity index (χ1v) is 8.06. The van der Waals surface area contributed by atoms with Gasteiger partial charge in [-0.2, -0.15) is 0 Å². The highest BCUT2D eigenvalue weighted by Crippen LogP contribution is 2.02. The van der Waals surface area contributed by atoms with Crippen molar-refractivity contribution in [3.63, 3.8) is 0 Å². The molecule has 0 aliphatic rings. The minimum atomic E-state index is -1.29. The number of allylic oxidation sites excluding steroid dienone is 1. The van der Waals surface area contributed by atoms with E-state index in [0.717, 1.165) is 12.8 Å². The van der Waals surface area contributed by atoms with E-state index in [1.807, 2.05) is 13.8 Å². The van der Waals surface area contributed by atoms with Crippen LogP contribution in [-0.2, 0) is 4.79 Å². The molecule has 0 aromatic heterocycles. The van der Waals surface area contributed by atoms with Gasteiger partial charge < -0.3 is 35.7 Å². The van der Waals surface area contributed by atoms with Gasteiger partial charge in [-0.1, -0.05) is 32.8 Å². The van der Waals surface area contributed by atoms with Gasteiger partial charge in [-0.15, -0.1) is 0 Å². The zero-order valence-corrected chi connectivity index (χ0v) is 14.8. The van der Waals surface area contributed by atoms with Gasteiger partial charge in [-0.3, -0.25) is 0 Å². The van der Waals surface area contributed by atoms with Gasteiger partial charge in [0.1, 0.15) is 0 Å². The number of carboxylic acid groups (broad SMARTS) is 1. The summed E-state index contributed by atoms with van der Waals surface area (Å²) >= 11 is 0. The smallest absolute Gasteiger partial charge is 0.330 e. The third-order valence-corrected chi connectivity index (χ3v) is 2.55. The van der Waals surface area contributed by atoms with Crippen molar-refractivity contribution in [2.24, 2.45) is 0 Å². The van der Waals surface area contributed by atoms with E-state index >= 15 is 0 Å². The lowest BCUT2D eigenvalue weighted by atomic mass is 10.2. The van der Waals surface area contributed by atoms with Gasteiger partial charge in [-0.05, 0) is 39.0 Å². The van der Waals surface area contributed by atoms with Crippen LogP contribution >= 0.6 is 0 Å². The third-order valence-electron chi connectivity index (χ3n) is 2.55. The van der Waals surface area contributed by atoms with Crippen LogP contribution in [0.4, 0.5) is 0 Å². The molecule has 0 saturated heterocycles. The highest BCUT2D eigenvalue weighted by molar-refractivity contribution is 5.85. The molecule has 0 spiro atoms. The summed E-state index contributed by atoms with van der Waals surface area (Å²) in [6.45, 7) is 5.32. The molecule has 0 aromatic carbocycles. The van der Waals surface area contributed by atoms with Crippen molar-refractivity contribution in [1.82, 2.24) is 0 Å². The lowest BCUT2D eigenvalue weighted by Gasteiger charge is -1.99. The van der Waals surface area contributed by atoms with Gasteiger partial charge in [0.15, 0.2) is 18.9 Å². The summed E-state index contributed by atoms with van der Waals surface area (Å²) in [5.41, 5.74) is 0.294. The van der Waals surface area contributed by atoms with Crippen LogP contribution in [0.25, 0.3) is 0 Å². The molecule has 0 fully saturated rings. The van der Waals surface area contributed by atoms with E-state index in [1.165, 1.54) is 6.92 Å². The standard InChI is InChI=1S/C8H14O4.2C4H10O2/c1-6(8(11)12)4-2-3-5-7(9)10;2*1-2-3-4(5)6/h4,7,9-10H,2-3,5H2,1H3,(H,11,12);2*4-6H,2-3H2,1H3. The molecule has 0 saturated carbocycles. The molecule has 0 atom stereocenters. The molecule has 0 unspecified atom stereocenters. The lowest BCUT2D eigenvalue weighted by Crippen LogP contribution is -2.03. The molecule has 146 valence electrons. The molecule has 8 heteroatoms. The quantitative estimate of drug-likeness (QED) is 0.181. The minimum Gasteiger partial charge on any atom is -0.478 e. The van der Waals surface area contributed by atoms with Crippen molar-refractivity contribution in [1.29, 1.82) is 0 Å². The zero-order valence-electron chi connectivity index (χ0n) is 14.8. The van der Waals surface area contributed by atoms with Crippen molar-refractivity contribution < 1.29 is 40.5 Å². The average Bonchev–Trinajstić information content (AvgIpc) is 2.44. The van der Waals surface area contributed by atoms with E-state index in [2.05, 4.69) is 0 Å². The Morgan fingerprint density at radius 2 is 1.21 bits per heavy atom. The van der Waals surface area contributed by atoms with Gasteiger partial charge in [-0.25, -0.2) is 4.79 Å². The second-order valence-electron chi connectivity index (χ2n) is 5.14. The number of hydrogen-bond donors (Lipinski definition) is 7. The molecule has 0 heterocycles. The van der Waals surface area contributed by atoms with E-state index < -0.39 is 24.8 Å². The van der Waals surface area contributed by atoms with E-state index in [4.69, 9.17) is 35.7 Å². The molecular formula is C16H34O8. The summed E-state index contributed by atoms with van der Waals surface area (Å²) in [4.78, 5) is 10.3. The van der Waals surface area contributed by atoms with Crippen LogP contribution in [0.3, 0.4) is 0 Å². The predicted molar refractivity (Wildman–Crippen MR) is 89.7 cm³/mol. The van der Waals surface area contributed by atoms with Gasteiger partial charge in [0.2, 0.25) is 0 Å². The molecule has 24 heavy (non-hydrogen) atoms. The number of hydrogen-bond acceptors (Lipinski definition) is 7. The van der Waals surface area contributed by atoms with Crippen LogP contribution in [0.15, 0.2) is 11.6 Å².